The van der Waals surface area contributed by atoms with Crippen LogP contribution >= 0.6 is 10.5 Å². The summed E-state index contributed by atoms with van der Waals surface area (Å²) in [5.74, 6) is 0. The second-order valence-electron chi connectivity index (χ2n) is 3.97. The van der Waals surface area contributed by atoms with Gasteiger partial charge in [-0.1, -0.05) is 12.2 Å². The predicted octanol–water partition coefficient (Wildman–Crippen LogP) is 3.64. The summed E-state index contributed by atoms with van der Waals surface area (Å²) in [6.07, 6.45) is 7.08. The van der Waals surface area contributed by atoms with Crippen molar-refractivity contribution in [2.24, 2.45) is 0 Å². The Hall–Kier alpha value is -0.560. The number of fused-ring (bicyclic) bond motifs is 1. The first-order valence-electron chi connectivity index (χ1n) is 4.75. The first-order chi connectivity index (χ1) is 6.09. The molecule has 0 aromatic heterocycles. The van der Waals surface area contributed by atoms with Gasteiger partial charge in [-0.25, -0.2) is 0 Å². The van der Waals surface area contributed by atoms with Gasteiger partial charge in [-0.3, -0.25) is 0 Å². The third kappa shape index (κ3) is 1.35. The van der Waals surface area contributed by atoms with Crippen LogP contribution in [0.1, 0.15) is 27.7 Å². The van der Waals surface area contributed by atoms with Crippen molar-refractivity contribution < 1.29 is 0 Å². The van der Waals surface area contributed by atoms with Gasteiger partial charge in [0.05, 0.1) is 0 Å². The topological polar surface area (TPSA) is 0 Å². The average molecular weight is 192 g/mol. The third-order valence-corrected chi connectivity index (χ3v) is 5.08. The van der Waals surface area contributed by atoms with Crippen LogP contribution in [0.4, 0.5) is 0 Å². The van der Waals surface area contributed by atoms with Gasteiger partial charge < -0.3 is 0 Å². The molecule has 0 saturated carbocycles. The highest BCUT2D eigenvalue weighted by atomic mass is 32.2. The van der Waals surface area contributed by atoms with Crippen LogP contribution in [0.5, 0.6) is 0 Å². The second kappa shape index (κ2) is 2.98. The van der Waals surface area contributed by atoms with E-state index >= 15 is 0 Å². The Morgan fingerprint density at radius 2 is 2.00 bits per heavy atom. The lowest BCUT2D eigenvalue weighted by Crippen LogP contribution is -1.94. The van der Waals surface area contributed by atoms with Gasteiger partial charge in [-0.05, 0) is 49.8 Å². The molecular weight excluding hydrogens is 176 g/mol. The van der Waals surface area contributed by atoms with Crippen molar-refractivity contribution in [3.63, 3.8) is 0 Å². The summed E-state index contributed by atoms with van der Waals surface area (Å²) >= 11 is 0. The minimum absolute atomic E-state index is 0.383. The summed E-state index contributed by atoms with van der Waals surface area (Å²) in [4.78, 5) is 3.14. The van der Waals surface area contributed by atoms with Gasteiger partial charge in [0.15, 0.2) is 0 Å². The van der Waals surface area contributed by atoms with Gasteiger partial charge in [0.25, 0.3) is 0 Å². The van der Waals surface area contributed by atoms with Crippen molar-refractivity contribution in [2.45, 2.75) is 32.9 Å². The van der Waals surface area contributed by atoms with E-state index < -0.39 is 0 Å². The molecule has 1 aliphatic carbocycles. The minimum Gasteiger partial charge on any atom is -0.149 e. The number of hydrogen-bond acceptors (Lipinski definition) is 0. The van der Waals surface area contributed by atoms with Crippen molar-refractivity contribution in [1.82, 2.24) is 0 Å². The quantitative estimate of drug-likeness (QED) is 0.514. The molecule has 2 atom stereocenters. The molecule has 1 aliphatic heterocycles. The Bertz CT molecular complexity index is 374. The second-order valence-corrected chi connectivity index (χ2v) is 6.65. The van der Waals surface area contributed by atoms with Crippen molar-refractivity contribution in [3.8, 4) is 0 Å². The zero-order valence-electron chi connectivity index (χ0n) is 8.72. The lowest BCUT2D eigenvalue weighted by molar-refractivity contribution is 1.26. The summed E-state index contributed by atoms with van der Waals surface area (Å²) in [5, 5.41) is 0.718. The first kappa shape index (κ1) is 9.01. The molecule has 2 unspecified atom stereocenters. The molecule has 0 saturated heterocycles. The van der Waals surface area contributed by atoms with Gasteiger partial charge in [0, 0.05) is 10.2 Å². The molecule has 13 heavy (non-hydrogen) atoms. The molecule has 2 aliphatic rings. The van der Waals surface area contributed by atoms with E-state index in [1.807, 2.05) is 0 Å². The van der Waals surface area contributed by atoms with Gasteiger partial charge in [-0.15, -0.1) is 10.5 Å². The predicted molar refractivity (Wildman–Crippen MR) is 63.3 cm³/mol. The number of rotatable bonds is 0. The van der Waals surface area contributed by atoms with Crippen LogP contribution in [0.15, 0.2) is 34.3 Å². The smallest absolute Gasteiger partial charge is 0.0201 e. The monoisotopic (exact) mass is 192 g/mol. The Kier molecular flexibility index (Phi) is 2.07. The molecule has 0 fully saturated rings. The molecule has 0 nitrogen and oxygen atoms in total. The molecule has 1 heterocycles. The van der Waals surface area contributed by atoms with E-state index in [1.165, 1.54) is 11.1 Å². The van der Waals surface area contributed by atoms with Crippen LogP contribution in [0.3, 0.4) is 0 Å². The van der Waals surface area contributed by atoms with Crippen LogP contribution in [0, 0.1) is 0 Å². The maximum absolute atomic E-state index is 2.42. The Balaban J connectivity index is 2.53. The third-order valence-electron chi connectivity index (χ3n) is 2.49. The normalized spacial score (nSPS) is 30.9. The molecule has 0 radical (unpaired) electrons. The highest BCUT2D eigenvalue weighted by Crippen LogP contribution is 2.48. The molecular formula is C12H16S. The van der Waals surface area contributed by atoms with Gasteiger partial charge in [0.1, 0.15) is 0 Å². The fourth-order valence-electron chi connectivity index (χ4n) is 2.08. The van der Waals surface area contributed by atoms with Gasteiger partial charge in [0.2, 0.25) is 0 Å². The van der Waals surface area contributed by atoms with Crippen LogP contribution in [0.2, 0.25) is 0 Å². The minimum atomic E-state index is 0.383. The van der Waals surface area contributed by atoms with Crippen molar-refractivity contribution in [3.05, 3.63) is 34.3 Å². The summed E-state index contributed by atoms with van der Waals surface area (Å²) in [7, 11) is 0.383. The molecule has 0 N–H and O–H groups in total. The SMILES string of the molecule is CC1=CC2=CC(C)S(=C(C)C)C2=C1. The summed E-state index contributed by atoms with van der Waals surface area (Å²) < 4.78 is 0. The Morgan fingerprint density at radius 1 is 1.31 bits per heavy atom. The molecule has 0 bridgehead atoms. The van der Waals surface area contributed by atoms with E-state index in [9.17, 15) is 0 Å². The number of hydrogen-bond donors (Lipinski definition) is 0. The van der Waals surface area contributed by atoms with Crippen LogP contribution in [-0.4, -0.2) is 10.1 Å². The van der Waals surface area contributed by atoms with E-state index in [0.29, 0.717) is 10.5 Å². The summed E-state index contributed by atoms with van der Waals surface area (Å²) in [6, 6.07) is 0. The van der Waals surface area contributed by atoms with Gasteiger partial charge >= 0.3 is 0 Å². The van der Waals surface area contributed by atoms with Crippen LogP contribution < -0.4 is 0 Å². The fraction of sp³-hybridized carbons (Fsp3) is 0.417. The molecule has 1 heteroatoms. The molecule has 0 amide bonds. The highest BCUT2D eigenvalue weighted by Gasteiger charge is 2.24. The number of allylic oxidation sites excluding steroid dienone is 4. The van der Waals surface area contributed by atoms with Crippen molar-refractivity contribution in [2.75, 3.05) is 0 Å². The molecule has 0 aromatic rings. The van der Waals surface area contributed by atoms with Gasteiger partial charge in [-0.2, -0.15) is 0 Å². The molecule has 0 spiro atoms. The van der Waals surface area contributed by atoms with Crippen molar-refractivity contribution >= 4 is 15.3 Å². The zero-order valence-corrected chi connectivity index (χ0v) is 9.53. The zero-order chi connectivity index (χ0) is 9.59. The van der Waals surface area contributed by atoms with E-state index in [0.717, 1.165) is 5.25 Å². The molecule has 0 aromatic carbocycles. The van der Waals surface area contributed by atoms with E-state index in [-0.39, 0.29) is 0 Å². The summed E-state index contributed by atoms with van der Waals surface area (Å²) in [5.41, 5.74) is 2.89. The Labute approximate surface area is 83.0 Å². The van der Waals surface area contributed by atoms with E-state index in [4.69, 9.17) is 0 Å². The largest absolute Gasteiger partial charge is 0.149 e. The van der Waals surface area contributed by atoms with E-state index in [2.05, 4.69) is 45.9 Å². The first-order valence-corrected chi connectivity index (χ1v) is 6.04. The average Bonchev–Trinajstić information content (AvgIpc) is 2.41. The lowest BCUT2D eigenvalue weighted by atomic mass is 10.2. The Morgan fingerprint density at radius 3 is 2.62 bits per heavy atom. The lowest BCUT2D eigenvalue weighted by Gasteiger charge is -2.11. The summed E-state index contributed by atoms with van der Waals surface area (Å²) in [6.45, 7) is 9.02. The maximum atomic E-state index is 2.42. The van der Waals surface area contributed by atoms with E-state index in [1.54, 1.807) is 9.77 Å². The van der Waals surface area contributed by atoms with Crippen molar-refractivity contribution in [1.29, 1.82) is 0 Å². The maximum Gasteiger partial charge on any atom is 0.0201 e. The fourth-order valence-corrected chi connectivity index (χ4v) is 4.64. The standard InChI is InChI=1S/C12H16S/c1-8(2)13-10(4)7-11-5-9(3)6-12(11)13/h5-7,10H,1-4H3. The van der Waals surface area contributed by atoms with Crippen LogP contribution in [0.25, 0.3) is 0 Å². The molecule has 70 valence electrons. The van der Waals surface area contributed by atoms with Crippen LogP contribution in [-0.2, 0) is 0 Å². The molecule has 2 rings (SSSR count). The highest BCUT2D eigenvalue weighted by molar-refractivity contribution is 8.20.